The molecule has 1 aromatic rings. The number of benzene rings is 1. The van der Waals surface area contributed by atoms with Crippen LogP contribution in [0.15, 0.2) is 35.3 Å². The van der Waals surface area contributed by atoms with Crippen LogP contribution in [0.5, 0.6) is 0 Å². The van der Waals surface area contributed by atoms with Gasteiger partial charge in [0.2, 0.25) is 0 Å². The van der Waals surface area contributed by atoms with Gasteiger partial charge in [0.05, 0.1) is 6.54 Å². The molecule has 0 radical (unpaired) electrons. The van der Waals surface area contributed by atoms with Gasteiger partial charge in [-0.05, 0) is 38.1 Å². The number of rotatable bonds is 4. The minimum absolute atomic E-state index is 0.504. The van der Waals surface area contributed by atoms with Crippen LogP contribution in [0.3, 0.4) is 0 Å². The second-order valence-corrected chi connectivity index (χ2v) is 4.64. The third-order valence-electron chi connectivity index (χ3n) is 3.42. The molecule has 0 saturated carbocycles. The highest BCUT2D eigenvalue weighted by atomic mass is 15.2. The largest absolute Gasteiger partial charge is 0.370 e. The van der Waals surface area contributed by atoms with Crippen molar-refractivity contribution in [2.24, 2.45) is 10.7 Å². The number of aliphatic imine (C=N–C) groups is 1. The van der Waals surface area contributed by atoms with E-state index in [2.05, 4.69) is 22.1 Å². The van der Waals surface area contributed by atoms with Crippen molar-refractivity contribution in [2.75, 3.05) is 25.0 Å². The van der Waals surface area contributed by atoms with Crippen molar-refractivity contribution in [1.29, 1.82) is 0 Å². The van der Waals surface area contributed by atoms with Crippen molar-refractivity contribution in [3.05, 3.63) is 30.3 Å². The minimum Gasteiger partial charge on any atom is -0.370 e. The molecule has 1 aliphatic heterocycles. The van der Waals surface area contributed by atoms with Gasteiger partial charge in [-0.3, -0.25) is 9.89 Å². The molecule has 0 amide bonds. The van der Waals surface area contributed by atoms with E-state index in [1.165, 1.54) is 19.4 Å². The molecule has 0 spiro atoms. The zero-order valence-electron chi connectivity index (χ0n) is 11.0. The highest BCUT2D eigenvalue weighted by Gasteiger charge is 2.22. The molecule has 4 heteroatoms. The zero-order chi connectivity index (χ0) is 12.8. The molecule has 0 aliphatic carbocycles. The van der Waals surface area contributed by atoms with Crippen molar-refractivity contribution in [1.82, 2.24) is 4.90 Å². The molecule has 1 unspecified atom stereocenters. The standard InChI is InChI=1S/C14H22N4/c1-2-18-10-6-9-13(18)11-16-14(15)17-12-7-4-3-5-8-12/h3-5,7-8,13H,2,6,9-11H2,1H3,(H3,15,16,17). The average molecular weight is 246 g/mol. The predicted molar refractivity (Wildman–Crippen MR) is 76.8 cm³/mol. The number of nitrogens with zero attached hydrogens (tertiary/aromatic N) is 2. The maximum absolute atomic E-state index is 5.89. The van der Waals surface area contributed by atoms with Gasteiger partial charge in [-0.2, -0.15) is 0 Å². The second-order valence-electron chi connectivity index (χ2n) is 4.64. The molecule has 1 aliphatic rings. The fraction of sp³-hybridized carbons (Fsp3) is 0.500. The normalized spacial score (nSPS) is 21.2. The molecular weight excluding hydrogens is 224 g/mol. The summed E-state index contributed by atoms with van der Waals surface area (Å²) >= 11 is 0. The van der Waals surface area contributed by atoms with Crippen LogP contribution >= 0.6 is 0 Å². The molecule has 18 heavy (non-hydrogen) atoms. The van der Waals surface area contributed by atoms with Gasteiger partial charge in [0.15, 0.2) is 5.96 Å². The van der Waals surface area contributed by atoms with E-state index in [0.717, 1.165) is 18.8 Å². The van der Waals surface area contributed by atoms with Gasteiger partial charge in [-0.15, -0.1) is 0 Å². The Bertz CT molecular complexity index is 388. The van der Waals surface area contributed by atoms with Crippen LogP contribution in [0.1, 0.15) is 19.8 Å². The number of guanidine groups is 1. The molecule has 98 valence electrons. The lowest BCUT2D eigenvalue weighted by molar-refractivity contribution is 0.273. The lowest BCUT2D eigenvalue weighted by Gasteiger charge is -2.20. The first-order valence-electron chi connectivity index (χ1n) is 6.65. The zero-order valence-corrected chi connectivity index (χ0v) is 11.0. The fourth-order valence-electron chi connectivity index (χ4n) is 2.43. The van der Waals surface area contributed by atoms with Crippen molar-refractivity contribution in [2.45, 2.75) is 25.8 Å². The summed E-state index contributed by atoms with van der Waals surface area (Å²) in [4.78, 5) is 6.91. The van der Waals surface area contributed by atoms with E-state index >= 15 is 0 Å². The van der Waals surface area contributed by atoms with Gasteiger partial charge in [0, 0.05) is 11.7 Å². The third kappa shape index (κ3) is 3.47. The van der Waals surface area contributed by atoms with E-state index in [1.807, 2.05) is 30.3 Å². The summed E-state index contributed by atoms with van der Waals surface area (Å²) in [6, 6.07) is 10.5. The number of hydrogen-bond donors (Lipinski definition) is 2. The highest BCUT2D eigenvalue weighted by molar-refractivity contribution is 5.92. The molecule has 4 nitrogen and oxygen atoms in total. The summed E-state index contributed by atoms with van der Waals surface area (Å²) in [7, 11) is 0. The molecule has 1 atom stereocenters. The van der Waals surface area contributed by atoms with Crippen LogP contribution in [0.2, 0.25) is 0 Å². The topological polar surface area (TPSA) is 53.6 Å². The molecular formula is C14H22N4. The van der Waals surface area contributed by atoms with Crippen molar-refractivity contribution >= 4 is 11.6 Å². The Morgan fingerprint density at radius 2 is 2.22 bits per heavy atom. The Labute approximate surface area is 109 Å². The number of nitrogens with one attached hydrogen (secondary N) is 1. The van der Waals surface area contributed by atoms with E-state index in [4.69, 9.17) is 5.73 Å². The van der Waals surface area contributed by atoms with E-state index in [-0.39, 0.29) is 0 Å². The summed E-state index contributed by atoms with van der Waals surface area (Å²) in [5, 5.41) is 3.11. The lowest BCUT2D eigenvalue weighted by Crippen LogP contribution is -2.33. The lowest BCUT2D eigenvalue weighted by atomic mass is 10.2. The van der Waals surface area contributed by atoms with E-state index in [1.54, 1.807) is 0 Å². The molecule has 1 fully saturated rings. The molecule has 0 bridgehead atoms. The Kier molecular flexibility index (Phi) is 4.59. The summed E-state index contributed by atoms with van der Waals surface area (Å²) < 4.78 is 0. The Morgan fingerprint density at radius 3 is 2.94 bits per heavy atom. The van der Waals surface area contributed by atoms with Gasteiger partial charge >= 0.3 is 0 Å². The predicted octanol–water partition coefficient (Wildman–Crippen LogP) is 1.90. The monoisotopic (exact) mass is 246 g/mol. The van der Waals surface area contributed by atoms with Crippen LogP contribution in [-0.2, 0) is 0 Å². The van der Waals surface area contributed by atoms with Crippen molar-refractivity contribution in [3.63, 3.8) is 0 Å². The fourth-order valence-corrected chi connectivity index (χ4v) is 2.43. The Morgan fingerprint density at radius 1 is 1.44 bits per heavy atom. The number of hydrogen-bond acceptors (Lipinski definition) is 2. The summed E-state index contributed by atoms with van der Waals surface area (Å²) in [5.74, 6) is 0.504. The van der Waals surface area contributed by atoms with E-state index in [0.29, 0.717) is 12.0 Å². The van der Waals surface area contributed by atoms with Gasteiger partial charge in [0.1, 0.15) is 0 Å². The Balaban J connectivity index is 1.85. The second kappa shape index (κ2) is 6.40. The van der Waals surface area contributed by atoms with Gasteiger partial charge in [-0.1, -0.05) is 25.1 Å². The van der Waals surface area contributed by atoms with Crippen LogP contribution < -0.4 is 11.1 Å². The first-order chi connectivity index (χ1) is 8.79. The quantitative estimate of drug-likeness (QED) is 0.630. The van der Waals surface area contributed by atoms with Gasteiger partial charge in [-0.25, -0.2) is 0 Å². The molecule has 1 heterocycles. The van der Waals surface area contributed by atoms with Crippen LogP contribution in [-0.4, -0.2) is 36.5 Å². The summed E-state index contributed by atoms with van der Waals surface area (Å²) in [6.45, 7) is 5.29. The average Bonchev–Trinajstić information content (AvgIpc) is 2.85. The molecule has 0 aromatic heterocycles. The first-order valence-corrected chi connectivity index (χ1v) is 6.65. The maximum atomic E-state index is 5.89. The maximum Gasteiger partial charge on any atom is 0.193 e. The third-order valence-corrected chi connectivity index (χ3v) is 3.42. The van der Waals surface area contributed by atoms with E-state index in [9.17, 15) is 0 Å². The molecule has 1 saturated heterocycles. The molecule has 1 aromatic carbocycles. The highest BCUT2D eigenvalue weighted by Crippen LogP contribution is 2.16. The first kappa shape index (κ1) is 12.9. The van der Waals surface area contributed by atoms with Crippen LogP contribution in [0, 0.1) is 0 Å². The van der Waals surface area contributed by atoms with Gasteiger partial charge < -0.3 is 11.1 Å². The SMILES string of the molecule is CCN1CCCC1CN=C(N)Nc1ccccc1. The smallest absolute Gasteiger partial charge is 0.193 e. The van der Waals surface area contributed by atoms with Crippen molar-refractivity contribution in [3.8, 4) is 0 Å². The summed E-state index contributed by atoms with van der Waals surface area (Å²) in [5.41, 5.74) is 6.87. The number of likely N-dealkylation sites (N-methyl/N-ethyl adjacent to an activating group) is 1. The minimum atomic E-state index is 0.504. The van der Waals surface area contributed by atoms with E-state index < -0.39 is 0 Å². The Hall–Kier alpha value is -1.55. The van der Waals surface area contributed by atoms with Crippen LogP contribution in [0.25, 0.3) is 0 Å². The molecule has 3 N–H and O–H groups in total. The van der Waals surface area contributed by atoms with Gasteiger partial charge in [0.25, 0.3) is 0 Å². The number of nitrogens with two attached hydrogens (primary N) is 1. The number of likely N-dealkylation sites (tertiary alicyclic amines) is 1. The molecule has 2 rings (SSSR count). The van der Waals surface area contributed by atoms with Crippen LogP contribution in [0.4, 0.5) is 5.69 Å². The number of anilines is 1. The summed E-state index contributed by atoms with van der Waals surface area (Å²) in [6.07, 6.45) is 2.51. The van der Waals surface area contributed by atoms with Crippen molar-refractivity contribution < 1.29 is 0 Å². The number of para-hydroxylation sites is 1.